The third-order valence-electron chi connectivity index (χ3n) is 2.72. The van der Waals surface area contributed by atoms with Gasteiger partial charge in [-0.05, 0) is 20.8 Å². The van der Waals surface area contributed by atoms with Crippen LogP contribution in [0.1, 0.15) is 25.8 Å². The van der Waals surface area contributed by atoms with Crippen LogP contribution < -0.4 is 5.32 Å². The molecule has 0 saturated carbocycles. The summed E-state index contributed by atoms with van der Waals surface area (Å²) in [7, 11) is 1.63. The van der Waals surface area contributed by atoms with Gasteiger partial charge in [0.1, 0.15) is 5.01 Å². The van der Waals surface area contributed by atoms with Gasteiger partial charge >= 0.3 is 0 Å². The van der Waals surface area contributed by atoms with Gasteiger partial charge in [-0.1, -0.05) is 0 Å². The van der Waals surface area contributed by atoms with Gasteiger partial charge in [0.15, 0.2) is 0 Å². The number of thiazole rings is 1. The Bertz CT molecular complexity index is 344. The number of ether oxygens (including phenoxy) is 2. The molecule has 0 aliphatic rings. The van der Waals surface area contributed by atoms with Gasteiger partial charge in [0.05, 0.1) is 31.0 Å². The molecule has 0 amide bonds. The molecule has 0 spiro atoms. The summed E-state index contributed by atoms with van der Waals surface area (Å²) < 4.78 is 10.4. The summed E-state index contributed by atoms with van der Waals surface area (Å²) in [6.07, 6.45) is 1.24. The van der Waals surface area contributed by atoms with Crippen molar-refractivity contribution in [2.24, 2.45) is 0 Å². The number of aliphatic hydroxyl groups excluding tert-OH is 1. The summed E-state index contributed by atoms with van der Waals surface area (Å²) >= 11 is 1.60. The third kappa shape index (κ3) is 5.97. The summed E-state index contributed by atoms with van der Waals surface area (Å²) in [5, 5.41) is 16.1. The molecule has 1 aromatic heterocycles. The number of aromatic nitrogens is 1. The fourth-order valence-corrected chi connectivity index (χ4v) is 2.34. The first-order valence-corrected chi connectivity index (χ1v) is 7.27. The molecular formula is C13H24N2O3S. The number of nitrogens with zero attached hydrogens (tertiary/aromatic N) is 1. The smallest absolute Gasteiger partial charge is 0.112 e. The van der Waals surface area contributed by atoms with E-state index in [1.165, 1.54) is 0 Å². The predicted octanol–water partition coefficient (Wildman–Crippen LogP) is 1.38. The van der Waals surface area contributed by atoms with Gasteiger partial charge in [0.2, 0.25) is 0 Å². The Balaban J connectivity index is 2.28. The van der Waals surface area contributed by atoms with E-state index < -0.39 is 6.10 Å². The van der Waals surface area contributed by atoms with Gasteiger partial charge in [-0.15, -0.1) is 11.3 Å². The summed E-state index contributed by atoms with van der Waals surface area (Å²) in [6.45, 7) is 7.31. The van der Waals surface area contributed by atoms with Crippen molar-refractivity contribution in [2.75, 3.05) is 26.9 Å². The first-order valence-electron chi connectivity index (χ1n) is 6.39. The van der Waals surface area contributed by atoms with E-state index in [0.717, 1.165) is 5.01 Å². The molecule has 110 valence electrons. The van der Waals surface area contributed by atoms with Crippen LogP contribution in [0, 0.1) is 0 Å². The van der Waals surface area contributed by atoms with Gasteiger partial charge in [-0.3, -0.25) is 0 Å². The number of nitrogens with one attached hydrogen (secondary N) is 1. The highest BCUT2D eigenvalue weighted by Crippen LogP contribution is 2.21. The average molecular weight is 288 g/mol. The SMILES string of the molecule is COC[C@@H](C)OC[C@@H](O)CNC(C)(C)c1nccs1. The fourth-order valence-electron chi connectivity index (χ4n) is 1.60. The van der Waals surface area contributed by atoms with Crippen LogP contribution in [0.4, 0.5) is 0 Å². The lowest BCUT2D eigenvalue weighted by Crippen LogP contribution is -2.42. The van der Waals surface area contributed by atoms with E-state index in [-0.39, 0.29) is 11.6 Å². The van der Waals surface area contributed by atoms with Crippen LogP contribution >= 0.6 is 11.3 Å². The molecule has 0 aliphatic carbocycles. The van der Waals surface area contributed by atoms with E-state index in [9.17, 15) is 5.11 Å². The molecule has 0 aliphatic heterocycles. The Morgan fingerprint density at radius 2 is 2.21 bits per heavy atom. The summed E-state index contributed by atoms with van der Waals surface area (Å²) in [5.74, 6) is 0. The lowest BCUT2D eigenvalue weighted by Gasteiger charge is -2.26. The third-order valence-corrected chi connectivity index (χ3v) is 3.82. The molecule has 5 nitrogen and oxygen atoms in total. The van der Waals surface area contributed by atoms with E-state index in [1.807, 2.05) is 26.2 Å². The molecule has 1 heterocycles. The predicted molar refractivity (Wildman–Crippen MR) is 76.4 cm³/mol. The standard InChI is InChI=1S/C13H24N2O3S/c1-10(8-17-4)18-9-11(16)7-15-13(2,3)12-14-5-6-19-12/h5-6,10-11,15-16H,7-9H2,1-4H3/t10-,11+/m1/s1. The molecular weight excluding hydrogens is 264 g/mol. The molecule has 0 aromatic carbocycles. The Kier molecular flexibility index (Phi) is 6.88. The summed E-state index contributed by atoms with van der Waals surface area (Å²) in [6, 6.07) is 0. The fraction of sp³-hybridized carbons (Fsp3) is 0.769. The minimum absolute atomic E-state index is 0.00776. The lowest BCUT2D eigenvalue weighted by molar-refractivity contribution is -0.0324. The largest absolute Gasteiger partial charge is 0.389 e. The highest BCUT2D eigenvalue weighted by atomic mass is 32.1. The molecule has 2 N–H and O–H groups in total. The maximum Gasteiger partial charge on any atom is 0.112 e. The topological polar surface area (TPSA) is 63.6 Å². The Morgan fingerprint density at radius 1 is 1.47 bits per heavy atom. The normalized spacial score (nSPS) is 15.4. The molecule has 0 bridgehead atoms. The summed E-state index contributed by atoms with van der Waals surface area (Å²) in [5.41, 5.74) is -0.243. The zero-order valence-electron chi connectivity index (χ0n) is 12.0. The van der Waals surface area contributed by atoms with Crippen LogP contribution in [0.2, 0.25) is 0 Å². The highest BCUT2D eigenvalue weighted by molar-refractivity contribution is 7.09. The van der Waals surface area contributed by atoms with Crippen molar-refractivity contribution in [2.45, 2.75) is 38.5 Å². The molecule has 1 aromatic rings. The highest BCUT2D eigenvalue weighted by Gasteiger charge is 2.23. The van der Waals surface area contributed by atoms with Crippen LogP contribution in [0.5, 0.6) is 0 Å². The van der Waals surface area contributed by atoms with Crippen LogP contribution in [0.25, 0.3) is 0 Å². The minimum atomic E-state index is -0.543. The number of rotatable bonds is 9. The van der Waals surface area contributed by atoms with Gasteiger partial charge in [0.25, 0.3) is 0 Å². The zero-order chi connectivity index (χ0) is 14.3. The van der Waals surface area contributed by atoms with E-state index in [2.05, 4.69) is 10.3 Å². The van der Waals surface area contributed by atoms with Crippen molar-refractivity contribution in [1.82, 2.24) is 10.3 Å². The Morgan fingerprint density at radius 3 is 2.79 bits per heavy atom. The van der Waals surface area contributed by atoms with Gasteiger partial charge in [0, 0.05) is 25.2 Å². The van der Waals surface area contributed by atoms with Crippen molar-refractivity contribution in [1.29, 1.82) is 0 Å². The van der Waals surface area contributed by atoms with E-state index >= 15 is 0 Å². The second-order valence-electron chi connectivity index (χ2n) is 5.10. The molecule has 0 saturated heterocycles. The maximum atomic E-state index is 9.88. The van der Waals surface area contributed by atoms with Crippen molar-refractivity contribution < 1.29 is 14.6 Å². The van der Waals surface area contributed by atoms with Gasteiger partial charge < -0.3 is 19.9 Å². The number of hydrogen-bond donors (Lipinski definition) is 2. The number of methoxy groups -OCH3 is 1. The van der Waals surface area contributed by atoms with E-state index in [1.54, 1.807) is 24.6 Å². The van der Waals surface area contributed by atoms with Crippen molar-refractivity contribution >= 4 is 11.3 Å². The van der Waals surface area contributed by atoms with Crippen molar-refractivity contribution in [3.8, 4) is 0 Å². The van der Waals surface area contributed by atoms with Crippen LogP contribution in [-0.2, 0) is 15.0 Å². The Hall–Kier alpha value is -0.530. The molecule has 19 heavy (non-hydrogen) atoms. The lowest BCUT2D eigenvalue weighted by atomic mass is 10.1. The molecule has 6 heteroatoms. The van der Waals surface area contributed by atoms with E-state index in [4.69, 9.17) is 9.47 Å². The van der Waals surface area contributed by atoms with Crippen LogP contribution in [0.3, 0.4) is 0 Å². The van der Waals surface area contributed by atoms with Crippen molar-refractivity contribution in [3.63, 3.8) is 0 Å². The molecule has 0 fully saturated rings. The van der Waals surface area contributed by atoms with Crippen LogP contribution in [0.15, 0.2) is 11.6 Å². The summed E-state index contributed by atoms with van der Waals surface area (Å²) in [4.78, 5) is 4.29. The first-order chi connectivity index (χ1) is 8.95. The molecule has 0 unspecified atom stereocenters. The molecule has 2 atom stereocenters. The quantitative estimate of drug-likeness (QED) is 0.719. The Labute approximate surface area is 119 Å². The number of hydrogen-bond acceptors (Lipinski definition) is 6. The average Bonchev–Trinajstić information content (AvgIpc) is 2.89. The number of aliphatic hydroxyl groups is 1. The van der Waals surface area contributed by atoms with Crippen molar-refractivity contribution in [3.05, 3.63) is 16.6 Å². The molecule has 0 radical (unpaired) electrons. The van der Waals surface area contributed by atoms with Crippen LogP contribution in [-0.4, -0.2) is 49.2 Å². The minimum Gasteiger partial charge on any atom is -0.389 e. The second-order valence-corrected chi connectivity index (χ2v) is 5.99. The first kappa shape index (κ1) is 16.5. The molecule has 1 rings (SSSR count). The maximum absolute atomic E-state index is 9.88. The monoisotopic (exact) mass is 288 g/mol. The van der Waals surface area contributed by atoms with Gasteiger partial charge in [-0.2, -0.15) is 0 Å². The van der Waals surface area contributed by atoms with Gasteiger partial charge in [-0.25, -0.2) is 4.98 Å². The zero-order valence-corrected chi connectivity index (χ0v) is 12.9. The van der Waals surface area contributed by atoms with E-state index in [0.29, 0.717) is 19.8 Å². The second kappa shape index (κ2) is 7.91.